The first-order valence-corrected chi connectivity index (χ1v) is 11.3. The Morgan fingerprint density at radius 1 is 1.16 bits per heavy atom. The number of aromatic nitrogens is 2. The van der Waals surface area contributed by atoms with Gasteiger partial charge in [-0.1, -0.05) is 42.5 Å². The zero-order valence-corrected chi connectivity index (χ0v) is 19.6. The minimum Gasteiger partial charge on any atom is -0.493 e. The monoisotopic (exact) mass is 539 g/mol. The van der Waals surface area contributed by atoms with Crippen LogP contribution >= 0.6 is 34.4 Å². The van der Waals surface area contributed by atoms with Gasteiger partial charge in [0.25, 0.3) is 0 Å². The van der Waals surface area contributed by atoms with E-state index in [1.54, 1.807) is 7.11 Å². The number of hydrogen-bond acceptors (Lipinski definition) is 5. The van der Waals surface area contributed by atoms with E-state index in [0.717, 1.165) is 25.7 Å². The molecule has 0 fully saturated rings. The highest BCUT2D eigenvalue weighted by atomic mass is 127. The highest BCUT2D eigenvalue weighted by Crippen LogP contribution is 2.36. The van der Waals surface area contributed by atoms with Crippen LogP contribution in [-0.4, -0.2) is 17.1 Å². The lowest BCUT2D eigenvalue weighted by atomic mass is 10.2. The van der Waals surface area contributed by atoms with Gasteiger partial charge < -0.3 is 14.5 Å². The number of para-hydroxylation sites is 2. The van der Waals surface area contributed by atoms with Crippen molar-refractivity contribution in [2.45, 2.75) is 11.8 Å². The number of imidazole rings is 1. The molecule has 0 aliphatic rings. The van der Waals surface area contributed by atoms with Crippen molar-refractivity contribution in [3.05, 3.63) is 86.3 Å². The first kappa shape index (κ1) is 21.3. The molecule has 1 N–H and O–H groups in total. The number of rotatable bonds is 7. The molecule has 0 spiro atoms. The minimum atomic E-state index is 0.452. The zero-order valence-electron chi connectivity index (χ0n) is 16.6. The van der Waals surface area contributed by atoms with Gasteiger partial charge in [-0.2, -0.15) is 5.26 Å². The van der Waals surface area contributed by atoms with E-state index in [4.69, 9.17) is 9.47 Å². The van der Waals surface area contributed by atoms with Gasteiger partial charge in [0.2, 0.25) is 0 Å². The third-order valence-electron chi connectivity index (χ3n) is 4.46. The molecule has 0 atom stereocenters. The van der Waals surface area contributed by atoms with Crippen molar-refractivity contribution in [1.82, 2.24) is 9.97 Å². The summed E-state index contributed by atoms with van der Waals surface area (Å²) in [4.78, 5) is 8.29. The summed E-state index contributed by atoms with van der Waals surface area (Å²) >= 11 is 3.53. The third kappa shape index (κ3) is 5.21. The van der Waals surface area contributed by atoms with Crippen molar-refractivity contribution in [2.75, 3.05) is 7.11 Å². The summed E-state index contributed by atoms with van der Waals surface area (Å²) in [5.74, 6) is 1.31. The van der Waals surface area contributed by atoms with Crippen molar-refractivity contribution < 1.29 is 9.47 Å². The maximum absolute atomic E-state index is 9.65. The van der Waals surface area contributed by atoms with Crippen LogP contribution in [0.4, 0.5) is 0 Å². The predicted octanol–water partition coefficient (Wildman–Crippen LogP) is 6.41. The second-order valence-electron chi connectivity index (χ2n) is 6.59. The summed E-state index contributed by atoms with van der Waals surface area (Å²) in [6.07, 6.45) is 1.82. The summed E-state index contributed by atoms with van der Waals surface area (Å²) in [6.45, 7) is 0.452. The van der Waals surface area contributed by atoms with Crippen LogP contribution in [0.2, 0.25) is 0 Å². The summed E-state index contributed by atoms with van der Waals surface area (Å²) in [5.41, 5.74) is 3.75. The standard InChI is InChI=1S/C24H18IN3O2S/c1-29-22-13-17(12-19(25)23(22)30-15-16-7-3-2-4-8-16)11-18(14-26)31-24-27-20-9-5-6-10-21(20)28-24/h2-13H,15H2,1H3,(H,27,28)/b18-11+. The normalized spacial score (nSPS) is 11.3. The summed E-state index contributed by atoms with van der Waals surface area (Å²) < 4.78 is 12.5. The Morgan fingerprint density at radius 3 is 2.68 bits per heavy atom. The quantitative estimate of drug-likeness (QED) is 0.167. The average Bonchev–Trinajstić information content (AvgIpc) is 3.20. The van der Waals surface area contributed by atoms with Crippen LogP contribution in [0, 0.1) is 14.9 Å². The van der Waals surface area contributed by atoms with E-state index >= 15 is 0 Å². The summed E-state index contributed by atoms with van der Waals surface area (Å²) in [6, 6.07) is 23.9. The third-order valence-corrected chi connectivity index (χ3v) is 6.08. The van der Waals surface area contributed by atoms with E-state index in [0.29, 0.717) is 28.2 Å². The number of ether oxygens (including phenoxy) is 2. The summed E-state index contributed by atoms with van der Waals surface area (Å²) in [7, 11) is 1.61. The number of halogens is 1. The predicted molar refractivity (Wildman–Crippen MR) is 132 cm³/mol. The van der Waals surface area contributed by atoms with Gasteiger partial charge in [-0.3, -0.25) is 0 Å². The Bertz CT molecular complexity index is 1250. The number of H-pyrrole nitrogens is 1. The van der Waals surface area contributed by atoms with Gasteiger partial charge >= 0.3 is 0 Å². The molecule has 7 heteroatoms. The lowest BCUT2D eigenvalue weighted by molar-refractivity contribution is 0.282. The Labute approximate surface area is 198 Å². The van der Waals surface area contributed by atoms with Crippen LogP contribution in [-0.2, 0) is 6.61 Å². The van der Waals surface area contributed by atoms with Gasteiger partial charge in [0.1, 0.15) is 12.7 Å². The van der Waals surface area contributed by atoms with Gasteiger partial charge in [0.15, 0.2) is 16.7 Å². The molecule has 0 saturated carbocycles. The smallest absolute Gasteiger partial charge is 0.174 e. The number of nitrogens with zero attached hydrogens (tertiary/aromatic N) is 2. The molecule has 0 amide bonds. The van der Waals surface area contributed by atoms with Crippen LogP contribution < -0.4 is 9.47 Å². The maximum atomic E-state index is 9.65. The number of fused-ring (bicyclic) bond motifs is 1. The van der Waals surface area contributed by atoms with Crippen molar-refractivity contribution in [2.24, 2.45) is 0 Å². The molecule has 1 heterocycles. The molecule has 1 aromatic heterocycles. The van der Waals surface area contributed by atoms with Crippen molar-refractivity contribution >= 4 is 51.5 Å². The molecule has 3 aromatic carbocycles. The Kier molecular flexibility index (Phi) is 6.79. The average molecular weight is 539 g/mol. The SMILES string of the molecule is COc1cc(/C=C(\C#N)Sc2nc3ccccc3[nH]2)cc(I)c1OCc1ccccc1. The largest absolute Gasteiger partial charge is 0.493 e. The van der Waals surface area contributed by atoms with Gasteiger partial charge in [-0.05, 0) is 75.8 Å². The molecular weight excluding hydrogens is 521 g/mol. The van der Waals surface area contributed by atoms with E-state index < -0.39 is 0 Å². The van der Waals surface area contributed by atoms with Crippen molar-refractivity contribution in [3.63, 3.8) is 0 Å². The van der Waals surface area contributed by atoms with E-state index in [9.17, 15) is 5.26 Å². The Balaban J connectivity index is 1.56. The Hall–Kier alpha value is -2.96. The van der Waals surface area contributed by atoms with E-state index in [2.05, 4.69) is 38.6 Å². The minimum absolute atomic E-state index is 0.452. The second kappa shape index (κ2) is 9.90. The van der Waals surface area contributed by atoms with Crippen LogP contribution in [0.25, 0.3) is 17.1 Å². The van der Waals surface area contributed by atoms with Crippen LogP contribution in [0.15, 0.2) is 76.8 Å². The second-order valence-corrected chi connectivity index (χ2v) is 8.78. The Morgan fingerprint density at radius 2 is 1.94 bits per heavy atom. The molecule has 0 aliphatic carbocycles. The van der Waals surface area contributed by atoms with E-state index in [1.165, 1.54) is 11.8 Å². The van der Waals surface area contributed by atoms with E-state index in [-0.39, 0.29) is 0 Å². The molecular formula is C24H18IN3O2S. The molecule has 0 bridgehead atoms. The number of aromatic amines is 1. The zero-order chi connectivity index (χ0) is 21.6. The van der Waals surface area contributed by atoms with Gasteiger partial charge in [-0.15, -0.1) is 0 Å². The van der Waals surface area contributed by atoms with Crippen molar-refractivity contribution in [1.29, 1.82) is 5.26 Å². The first-order valence-electron chi connectivity index (χ1n) is 9.45. The lowest BCUT2D eigenvalue weighted by Crippen LogP contribution is -2.00. The van der Waals surface area contributed by atoms with Crippen LogP contribution in [0.5, 0.6) is 11.5 Å². The van der Waals surface area contributed by atoms with Gasteiger partial charge in [0, 0.05) is 0 Å². The van der Waals surface area contributed by atoms with Crippen molar-refractivity contribution in [3.8, 4) is 17.6 Å². The molecule has 4 rings (SSSR count). The number of methoxy groups -OCH3 is 1. The number of allylic oxidation sites excluding steroid dienone is 1. The molecule has 31 heavy (non-hydrogen) atoms. The van der Waals surface area contributed by atoms with Crippen LogP contribution in [0.1, 0.15) is 11.1 Å². The molecule has 154 valence electrons. The fourth-order valence-electron chi connectivity index (χ4n) is 3.01. The number of nitriles is 1. The number of thioether (sulfide) groups is 1. The fourth-order valence-corrected chi connectivity index (χ4v) is 4.55. The molecule has 0 unspecified atom stereocenters. The fraction of sp³-hybridized carbons (Fsp3) is 0.0833. The van der Waals surface area contributed by atoms with Gasteiger partial charge in [-0.25, -0.2) is 4.98 Å². The topological polar surface area (TPSA) is 70.9 Å². The molecule has 0 aliphatic heterocycles. The van der Waals surface area contributed by atoms with Gasteiger partial charge in [0.05, 0.1) is 26.6 Å². The lowest BCUT2D eigenvalue weighted by Gasteiger charge is -2.14. The molecule has 0 saturated heterocycles. The number of hydrogen-bond donors (Lipinski definition) is 1. The number of benzene rings is 3. The summed E-state index contributed by atoms with van der Waals surface area (Å²) in [5, 5.41) is 10.3. The van der Waals surface area contributed by atoms with E-state index in [1.807, 2.05) is 72.8 Å². The maximum Gasteiger partial charge on any atom is 0.174 e. The van der Waals surface area contributed by atoms with Crippen LogP contribution in [0.3, 0.4) is 0 Å². The first-order chi connectivity index (χ1) is 15.2. The highest BCUT2D eigenvalue weighted by molar-refractivity contribution is 14.1. The number of nitrogens with one attached hydrogen (secondary N) is 1. The molecule has 5 nitrogen and oxygen atoms in total. The molecule has 4 aromatic rings. The highest BCUT2D eigenvalue weighted by Gasteiger charge is 2.13. The molecule has 0 radical (unpaired) electrons.